The molecule has 1 aromatic rings. The van der Waals surface area contributed by atoms with E-state index in [4.69, 9.17) is 16.3 Å². The van der Waals surface area contributed by atoms with Crippen LogP contribution in [-0.2, 0) is 16.1 Å². The molecule has 0 aromatic heterocycles. The highest BCUT2D eigenvalue weighted by molar-refractivity contribution is 6.31. The average molecular weight is 335 g/mol. The molecule has 0 bridgehead atoms. The molecule has 23 heavy (non-hydrogen) atoms. The van der Waals surface area contributed by atoms with Gasteiger partial charge in [-0.1, -0.05) is 43.6 Å². The first-order valence-corrected chi connectivity index (χ1v) is 8.84. The maximum absolute atomic E-state index is 12.6. The zero-order valence-electron chi connectivity index (χ0n) is 13.7. The van der Waals surface area contributed by atoms with Crippen molar-refractivity contribution in [2.45, 2.75) is 51.0 Å². The summed E-state index contributed by atoms with van der Waals surface area (Å²) in [6.45, 7) is 6.74. The summed E-state index contributed by atoms with van der Waals surface area (Å²) >= 11 is 6.31. The summed E-state index contributed by atoms with van der Waals surface area (Å²) in [4.78, 5) is 17.1. The molecule has 1 amide bonds. The van der Waals surface area contributed by atoms with Gasteiger partial charge < -0.3 is 9.64 Å². The van der Waals surface area contributed by atoms with E-state index in [0.29, 0.717) is 18.9 Å². The van der Waals surface area contributed by atoms with Crippen LogP contribution in [0.4, 0.5) is 0 Å². The molecule has 3 saturated heterocycles. The minimum atomic E-state index is -0.396. The number of nitrogens with zero attached hydrogens (tertiary/aromatic N) is 2. The standard InChI is InChI=1S/C18H23ClN2O2/c1-12(2)15-11-23-18-7-8-20(16(18)9-17(22)21(15)18)10-13-5-3-4-6-14(13)19/h3-6,12,15-16H,7-11H2,1-2H3/t15-,16+,18-/m0/s1. The summed E-state index contributed by atoms with van der Waals surface area (Å²) in [7, 11) is 0. The second-order valence-corrected chi connectivity index (χ2v) is 7.67. The number of amides is 1. The molecule has 1 spiro atoms. The third kappa shape index (κ3) is 2.23. The van der Waals surface area contributed by atoms with Crippen molar-refractivity contribution in [3.05, 3.63) is 34.9 Å². The van der Waals surface area contributed by atoms with Crippen LogP contribution >= 0.6 is 11.6 Å². The van der Waals surface area contributed by atoms with Gasteiger partial charge in [0.1, 0.15) is 0 Å². The summed E-state index contributed by atoms with van der Waals surface area (Å²) in [5.74, 6) is 0.671. The van der Waals surface area contributed by atoms with Crippen LogP contribution in [0.1, 0.15) is 32.3 Å². The van der Waals surface area contributed by atoms with Gasteiger partial charge in [0, 0.05) is 31.0 Å². The Balaban J connectivity index is 1.60. The molecule has 0 unspecified atom stereocenters. The predicted molar refractivity (Wildman–Crippen MR) is 89.0 cm³/mol. The Kier molecular flexibility index (Phi) is 3.67. The number of hydrogen-bond acceptors (Lipinski definition) is 3. The molecule has 4 nitrogen and oxygen atoms in total. The van der Waals surface area contributed by atoms with E-state index in [9.17, 15) is 4.79 Å². The highest BCUT2D eigenvalue weighted by Gasteiger charge is 2.64. The van der Waals surface area contributed by atoms with Gasteiger partial charge in [0.05, 0.1) is 18.7 Å². The first-order chi connectivity index (χ1) is 11.0. The van der Waals surface area contributed by atoms with Crippen molar-refractivity contribution in [1.29, 1.82) is 0 Å². The first-order valence-electron chi connectivity index (χ1n) is 8.46. The number of halogens is 1. The van der Waals surface area contributed by atoms with E-state index in [1.807, 2.05) is 18.2 Å². The lowest BCUT2D eigenvalue weighted by atomic mass is 10.0. The molecule has 3 heterocycles. The molecule has 3 fully saturated rings. The van der Waals surface area contributed by atoms with Crippen LogP contribution in [-0.4, -0.2) is 46.7 Å². The number of hydrogen-bond donors (Lipinski definition) is 0. The van der Waals surface area contributed by atoms with Crippen molar-refractivity contribution in [3.8, 4) is 0 Å². The molecule has 124 valence electrons. The highest BCUT2D eigenvalue weighted by atomic mass is 35.5. The molecule has 4 rings (SSSR count). The van der Waals surface area contributed by atoms with Crippen LogP contribution in [0.3, 0.4) is 0 Å². The van der Waals surface area contributed by atoms with Crippen LogP contribution in [0, 0.1) is 5.92 Å². The lowest BCUT2D eigenvalue weighted by Crippen LogP contribution is -2.50. The van der Waals surface area contributed by atoms with Crippen LogP contribution in [0.2, 0.25) is 5.02 Å². The first kappa shape index (κ1) is 15.4. The Hall–Kier alpha value is -1.10. The fourth-order valence-electron chi connectivity index (χ4n) is 4.49. The second-order valence-electron chi connectivity index (χ2n) is 7.26. The third-order valence-electron chi connectivity index (χ3n) is 5.70. The normalized spacial score (nSPS) is 33.6. The number of benzene rings is 1. The molecule has 0 radical (unpaired) electrons. The molecule has 3 atom stereocenters. The van der Waals surface area contributed by atoms with E-state index in [2.05, 4.69) is 29.7 Å². The van der Waals surface area contributed by atoms with Gasteiger partial charge in [0.25, 0.3) is 0 Å². The molecular weight excluding hydrogens is 312 g/mol. The van der Waals surface area contributed by atoms with Gasteiger partial charge in [0.15, 0.2) is 5.72 Å². The van der Waals surface area contributed by atoms with E-state index in [-0.39, 0.29) is 18.0 Å². The van der Waals surface area contributed by atoms with E-state index >= 15 is 0 Å². The molecular formula is C18H23ClN2O2. The number of rotatable bonds is 3. The molecule has 0 aliphatic carbocycles. The van der Waals surface area contributed by atoms with Gasteiger partial charge in [-0.15, -0.1) is 0 Å². The lowest BCUT2D eigenvalue weighted by Gasteiger charge is -2.34. The van der Waals surface area contributed by atoms with Gasteiger partial charge >= 0.3 is 0 Å². The Labute approximate surface area is 142 Å². The zero-order chi connectivity index (χ0) is 16.2. The van der Waals surface area contributed by atoms with Crippen molar-refractivity contribution in [1.82, 2.24) is 9.80 Å². The van der Waals surface area contributed by atoms with Gasteiger partial charge in [-0.05, 0) is 17.5 Å². The minimum Gasteiger partial charge on any atom is -0.352 e. The Morgan fingerprint density at radius 1 is 1.39 bits per heavy atom. The topological polar surface area (TPSA) is 32.8 Å². The predicted octanol–water partition coefficient (Wildman–Crippen LogP) is 2.90. The van der Waals surface area contributed by atoms with Gasteiger partial charge in [0.2, 0.25) is 5.91 Å². The minimum absolute atomic E-state index is 0.148. The summed E-state index contributed by atoms with van der Waals surface area (Å²) in [5.41, 5.74) is 0.725. The van der Waals surface area contributed by atoms with Gasteiger partial charge in [-0.25, -0.2) is 0 Å². The largest absolute Gasteiger partial charge is 0.352 e. The van der Waals surface area contributed by atoms with Gasteiger partial charge in [-0.2, -0.15) is 0 Å². The Bertz CT molecular complexity index is 635. The fraction of sp³-hybridized carbons (Fsp3) is 0.611. The summed E-state index contributed by atoms with van der Waals surface area (Å²) in [6.07, 6.45) is 1.46. The molecule has 0 saturated carbocycles. The Morgan fingerprint density at radius 3 is 2.91 bits per heavy atom. The van der Waals surface area contributed by atoms with Crippen LogP contribution in [0.15, 0.2) is 24.3 Å². The summed E-state index contributed by atoms with van der Waals surface area (Å²) in [5, 5.41) is 0.794. The van der Waals surface area contributed by atoms with Crippen molar-refractivity contribution < 1.29 is 9.53 Å². The molecule has 1 aromatic carbocycles. The number of carbonyl (C=O) groups is 1. The number of carbonyl (C=O) groups excluding carboxylic acids is 1. The summed E-state index contributed by atoms with van der Waals surface area (Å²) < 4.78 is 6.26. The van der Waals surface area contributed by atoms with Crippen molar-refractivity contribution in [2.75, 3.05) is 13.2 Å². The second kappa shape index (κ2) is 5.47. The van der Waals surface area contributed by atoms with Crippen molar-refractivity contribution >= 4 is 17.5 Å². The zero-order valence-corrected chi connectivity index (χ0v) is 14.4. The SMILES string of the molecule is CC(C)[C@@H]1CO[C@@]23CCN(Cc4ccccc4Cl)[C@@H]2CC(=O)N13. The maximum atomic E-state index is 12.6. The maximum Gasteiger partial charge on any atom is 0.226 e. The monoisotopic (exact) mass is 334 g/mol. The van der Waals surface area contributed by atoms with Crippen LogP contribution < -0.4 is 0 Å². The van der Waals surface area contributed by atoms with E-state index in [0.717, 1.165) is 30.1 Å². The molecule has 3 aliphatic heterocycles. The molecule has 5 heteroatoms. The van der Waals surface area contributed by atoms with Crippen molar-refractivity contribution in [3.63, 3.8) is 0 Å². The quantitative estimate of drug-likeness (QED) is 0.852. The highest BCUT2D eigenvalue weighted by Crippen LogP contribution is 2.49. The number of ether oxygens (including phenoxy) is 1. The fourth-order valence-corrected chi connectivity index (χ4v) is 4.68. The van der Waals surface area contributed by atoms with E-state index in [1.54, 1.807) is 0 Å². The van der Waals surface area contributed by atoms with E-state index < -0.39 is 5.72 Å². The lowest BCUT2D eigenvalue weighted by molar-refractivity contribution is -0.139. The van der Waals surface area contributed by atoms with Gasteiger partial charge in [-0.3, -0.25) is 9.69 Å². The third-order valence-corrected chi connectivity index (χ3v) is 6.07. The molecule has 3 aliphatic rings. The smallest absolute Gasteiger partial charge is 0.226 e. The van der Waals surface area contributed by atoms with Crippen LogP contribution in [0.25, 0.3) is 0 Å². The Morgan fingerprint density at radius 2 is 2.17 bits per heavy atom. The van der Waals surface area contributed by atoms with Crippen molar-refractivity contribution in [2.24, 2.45) is 5.92 Å². The van der Waals surface area contributed by atoms with E-state index in [1.165, 1.54) is 0 Å². The number of likely N-dealkylation sites (tertiary alicyclic amines) is 1. The molecule has 0 N–H and O–H groups in total. The van der Waals surface area contributed by atoms with Crippen LogP contribution in [0.5, 0.6) is 0 Å². The summed E-state index contributed by atoms with van der Waals surface area (Å²) in [6, 6.07) is 8.32. The average Bonchev–Trinajstić information content (AvgIpc) is 3.13.